The van der Waals surface area contributed by atoms with E-state index in [-0.39, 0.29) is 24.4 Å². The number of nitrogens with zero attached hydrogens (tertiary/aromatic N) is 2. The zero-order valence-corrected chi connectivity index (χ0v) is 12.4. The second-order valence-corrected chi connectivity index (χ2v) is 6.40. The van der Waals surface area contributed by atoms with Crippen LogP contribution in [0.1, 0.15) is 13.3 Å². The summed E-state index contributed by atoms with van der Waals surface area (Å²) in [4.78, 5) is 14.8. The van der Waals surface area contributed by atoms with Crippen molar-refractivity contribution in [2.24, 2.45) is 0 Å². The van der Waals surface area contributed by atoms with Crippen LogP contribution in [-0.2, 0) is 14.8 Å². The molecule has 0 spiro atoms. The summed E-state index contributed by atoms with van der Waals surface area (Å²) in [5.74, 6) is -1.02. The molecule has 112 valence electrons. The third-order valence-electron chi connectivity index (χ3n) is 3.19. The molecule has 0 bridgehead atoms. The molecule has 0 aliphatic heterocycles. The Morgan fingerprint density at radius 1 is 1.33 bits per heavy atom. The monoisotopic (exact) mass is 308 g/mol. The van der Waals surface area contributed by atoms with Gasteiger partial charge in [0.1, 0.15) is 0 Å². The molecule has 0 aliphatic carbocycles. The third-order valence-corrected chi connectivity index (χ3v) is 5.22. The fraction of sp³-hybridized carbons (Fsp3) is 0.286. The standard InChI is InChI=1S/C14H16N2O4S/c1-2-16(9-7-14(17)18)21(19,20)13-5-3-4-11-10-15-8-6-12(11)13/h3-6,8,10H,2,7,9H2,1H3,(H,17,18). The van der Waals surface area contributed by atoms with Crippen molar-refractivity contribution in [3.63, 3.8) is 0 Å². The van der Waals surface area contributed by atoms with Crippen LogP contribution in [0.3, 0.4) is 0 Å². The number of carboxylic acids is 1. The number of pyridine rings is 1. The number of rotatable bonds is 6. The van der Waals surface area contributed by atoms with Gasteiger partial charge in [-0.05, 0) is 12.1 Å². The fourth-order valence-electron chi connectivity index (χ4n) is 2.13. The van der Waals surface area contributed by atoms with Gasteiger partial charge >= 0.3 is 5.97 Å². The summed E-state index contributed by atoms with van der Waals surface area (Å²) < 4.78 is 26.6. The Kier molecular flexibility index (Phi) is 4.54. The number of carboxylic acid groups (broad SMARTS) is 1. The molecule has 7 heteroatoms. The van der Waals surface area contributed by atoms with Gasteiger partial charge in [-0.2, -0.15) is 4.31 Å². The molecule has 2 aromatic rings. The molecule has 0 saturated heterocycles. The van der Waals surface area contributed by atoms with Gasteiger partial charge < -0.3 is 5.11 Å². The highest BCUT2D eigenvalue weighted by atomic mass is 32.2. The van der Waals surface area contributed by atoms with Crippen LogP contribution >= 0.6 is 0 Å². The van der Waals surface area contributed by atoms with E-state index in [9.17, 15) is 13.2 Å². The lowest BCUT2D eigenvalue weighted by Gasteiger charge is -2.20. The van der Waals surface area contributed by atoms with Gasteiger partial charge in [-0.25, -0.2) is 8.42 Å². The van der Waals surface area contributed by atoms with Gasteiger partial charge in [0.2, 0.25) is 10.0 Å². The van der Waals surface area contributed by atoms with E-state index < -0.39 is 16.0 Å². The number of aromatic nitrogens is 1. The highest BCUT2D eigenvalue weighted by Crippen LogP contribution is 2.25. The number of hydrogen-bond donors (Lipinski definition) is 1. The third kappa shape index (κ3) is 3.20. The molecule has 0 fully saturated rings. The predicted octanol–water partition coefficient (Wildman–Crippen LogP) is 1.72. The van der Waals surface area contributed by atoms with Crippen molar-refractivity contribution in [1.29, 1.82) is 0 Å². The Morgan fingerprint density at radius 3 is 2.76 bits per heavy atom. The highest BCUT2D eigenvalue weighted by molar-refractivity contribution is 7.89. The molecule has 1 aromatic carbocycles. The summed E-state index contributed by atoms with van der Waals surface area (Å²) in [6.45, 7) is 1.86. The number of aliphatic carboxylic acids is 1. The maximum absolute atomic E-state index is 12.7. The average Bonchev–Trinajstić information content (AvgIpc) is 2.46. The van der Waals surface area contributed by atoms with E-state index in [1.807, 2.05) is 0 Å². The first-order valence-corrected chi connectivity index (χ1v) is 7.95. The lowest BCUT2D eigenvalue weighted by Crippen LogP contribution is -2.33. The smallest absolute Gasteiger partial charge is 0.304 e. The minimum Gasteiger partial charge on any atom is -0.481 e. The van der Waals surface area contributed by atoms with Gasteiger partial charge in [0.05, 0.1) is 11.3 Å². The second-order valence-electron chi connectivity index (χ2n) is 4.49. The van der Waals surface area contributed by atoms with Crippen LogP contribution in [0.4, 0.5) is 0 Å². The van der Waals surface area contributed by atoms with E-state index in [0.717, 1.165) is 5.39 Å². The van der Waals surface area contributed by atoms with Crippen molar-refractivity contribution in [2.45, 2.75) is 18.2 Å². The number of benzene rings is 1. The van der Waals surface area contributed by atoms with E-state index in [2.05, 4.69) is 4.98 Å². The molecule has 6 nitrogen and oxygen atoms in total. The summed E-state index contributed by atoms with van der Waals surface area (Å²) in [7, 11) is -3.73. The zero-order valence-electron chi connectivity index (χ0n) is 11.6. The van der Waals surface area contributed by atoms with E-state index in [0.29, 0.717) is 5.39 Å². The van der Waals surface area contributed by atoms with Crippen LogP contribution in [-0.4, -0.2) is 41.9 Å². The number of fused-ring (bicyclic) bond motifs is 1. The number of hydrogen-bond acceptors (Lipinski definition) is 4. The van der Waals surface area contributed by atoms with Crippen LogP contribution in [0, 0.1) is 0 Å². The minimum atomic E-state index is -3.73. The van der Waals surface area contributed by atoms with Crippen molar-refractivity contribution >= 4 is 26.8 Å². The van der Waals surface area contributed by atoms with Crippen molar-refractivity contribution < 1.29 is 18.3 Å². The molecule has 1 heterocycles. The largest absolute Gasteiger partial charge is 0.481 e. The Morgan fingerprint density at radius 2 is 2.10 bits per heavy atom. The number of carbonyl (C=O) groups is 1. The molecule has 0 aliphatic rings. The topological polar surface area (TPSA) is 87.6 Å². The van der Waals surface area contributed by atoms with Crippen LogP contribution in [0.5, 0.6) is 0 Å². The first-order chi connectivity index (χ1) is 9.96. The molecule has 1 aromatic heterocycles. The fourth-order valence-corrected chi connectivity index (χ4v) is 3.79. The maximum atomic E-state index is 12.7. The maximum Gasteiger partial charge on any atom is 0.304 e. The van der Waals surface area contributed by atoms with Gasteiger partial charge in [0.15, 0.2) is 0 Å². The van der Waals surface area contributed by atoms with Crippen LogP contribution in [0.2, 0.25) is 0 Å². The first-order valence-electron chi connectivity index (χ1n) is 6.51. The Labute approximate surface area is 123 Å². The molecule has 1 N–H and O–H groups in total. The normalized spacial score (nSPS) is 11.9. The average molecular weight is 308 g/mol. The van der Waals surface area contributed by atoms with E-state index in [1.54, 1.807) is 31.3 Å². The van der Waals surface area contributed by atoms with E-state index in [4.69, 9.17) is 5.11 Å². The molecule has 0 saturated carbocycles. The summed E-state index contributed by atoms with van der Waals surface area (Å²) in [5.41, 5.74) is 0. The van der Waals surface area contributed by atoms with Gasteiger partial charge in [-0.1, -0.05) is 19.1 Å². The van der Waals surface area contributed by atoms with Crippen molar-refractivity contribution in [3.8, 4) is 0 Å². The Hall–Kier alpha value is -1.99. The van der Waals surface area contributed by atoms with Gasteiger partial charge in [-0.3, -0.25) is 9.78 Å². The lowest BCUT2D eigenvalue weighted by molar-refractivity contribution is -0.137. The second kappa shape index (κ2) is 6.19. The van der Waals surface area contributed by atoms with Crippen LogP contribution in [0.25, 0.3) is 10.8 Å². The van der Waals surface area contributed by atoms with E-state index in [1.165, 1.54) is 16.6 Å². The Bertz CT molecular complexity index is 753. The van der Waals surface area contributed by atoms with Crippen molar-refractivity contribution in [2.75, 3.05) is 13.1 Å². The highest BCUT2D eigenvalue weighted by Gasteiger charge is 2.25. The quantitative estimate of drug-likeness (QED) is 0.878. The molecular weight excluding hydrogens is 292 g/mol. The van der Waals surface area contributed by atoms with E-state index >= 15 is 0 Å². The van der Waals surface area contributed by atoms with Gasteiger partial charge in [0.25, 0.3) is 0 Å². The summed E-state index contributed by atoms with van der Waals surface area (Å²) >= 11 is 0. The minimum absolute atomic E-state index is 0.0460. The molecular formula is C14H16N2O4S. The molecule has 0 unspecified atom stereocenters. The van der Waals surface area contributed by atoms with Crippen molar-refractivity contribution in [3.05, 3.63) is 36.7 Å². The summed E-state index contributed by atoms with van der Waals surface area (Å²) in [5, 5.41) is 10.1. The molecule has 0 atom stereocenters. The van der Waals surface area contributed by atoms with Gasteiger partial charge in [-0.15, -0.1) is 0 Å². The first kappa shape index (κ1) is 15.4. The van der Waals surface area contributed by atoms with Crippen LogP contribution < -0.4 is 0 Å². The molecule has 0 radical (unpaired) electrons. The summed E-state index contributed by atoms with van der Waals surface area (Å²) in [6.07, 6.45) is 2.91. The van der Waals surface area contributed by atoms with Crippen molar-refractivity contribution in [1.82, 2.24) is 9.29 Å². The lowest BCUT2D eigenvalue weighted by atomic mass is 10.2. The molecule has 21 heavy (non-hydrogen) atoms. The number of sulfonamides is 1. The van der Waals surface area contributed by atoms with Crippen LogP contribution in [0.15, 0.2) is 41.6 Å². The molecule has 0 amide bonds. The predicted molar refractivity (Wildman–Crippen MR) is 78.4 cm³/mol. The van der Waals surface area contributed by atoms with Gasteiger partial charge in [0, 0.05) is 36.3 Å². The Balaban J connectivity index is 2.47. The summed E-state index contributed by atoms with van der Waals surface area (Å²) in [6, 6.07) is 6.62. The SMILES string of the molecule is CCN(CCC(=O)O)S(=O)(=O)c1cccc2cnccc12. The zero-order chi connectivity index (χ0) is 15.5. The molecule has 2 rings (SSSR count).